The molecule has 4 aliphatic rings. The van der Waals surface area contributed by atoms with Crippen LogP contribution in [0.3, 0.4) is 0 Å². The molecular weight excluding hydrogens is 693 g/mol. The van der Waals surface area contributed by atoms with Crippen molar-refractivity contribution in [2.45, 2.75) is 56.3 Å². The monoisotopic (exact) mass is 724 g/mol. The summed E-state index contributed by atoms with van der Waals surface area (Å²) in [6.07, 6.45) is 6.32. The van der Waals surface area contributed by atoms with E-state index in [9.17, 15) is 13.6 Å². The predicted octanol–water partition coefficient (Wildman–Crippen LogP) is 5.90. The molecule has 2 aromatic carbocycles. The molecule has 1 spiro atoms. The summed E-state index contributed by atoms with van der Waals surface area (Å²) in [5.41, 5.74) is 5.84. The molecule has 1 amide bonds. The van der Waals surface area contributed by atoms with Crippen molar-refractivity contribution in [3.63, 3.8) is 0 Å². The molecule has 5 aromatic rings. The lowest BCUT2D eigenvalue weighted by Gasteiger charge is -2.47. The van der Waals surface area contributed by atoms with E-state index in [-0.39, 0.29) is 67.1 Å². The number of amides is 1. The molecule has 17 heteroatoms. The summed E-state index contributed by atoms with van der Waals surface area (Å²) in [6, 6.07) is 3.97. The van der Waals surface area contributed by atoms with Gasteiger partial charge in [-0.05, 0) is 56.8 Å². The fourth-order valence-electron chi connectivity index (χ4n) is 8.60. The van der Waals surface area contributed by atoms with Gasteiger partial charge in [0.1, 0.15) is 42.6 Å². The van der Waals surface area contributed by atoms with E-state index >= 15 is 4.39 Å². The Hall–Kier alpha value is -4.28. The van der Waals surface area contributed by atoms with Gasteiger partial charge < -0.3 is 20.7 Å². The van der Waals surface area contributed by atoms with Crippen LogP contribution in [0.2, 0.25) is 5.02 Å². The maximum absolute atomic E-state index is 16.8. The highest BCUT2D eigenvalue weighted by atomic mass is 35.5. The molecule has 1 aliphatic carbocycles. The number of hydrogen-bond acceptors (Lipinski definition) is 11. The number of nitrogen functional groups attached to an aromatic ring is 1. The first-order chi connectivity index (χ1) is 24.1. The molecule has 50 heavy (non-hydrogen) atoms. The highest BCUT2D eigenvalue weighted by Gasteiger charge is 2.51. The lowest BCUT2D eigenvalue weighted by molar-refractivity contribution is 0.0358. The molecule has 6 heterocycles. The van der Waals surface area contributed by atoms with E-state index in [4.69, 9.17) is 27.1 Å². The number of carbonyl (C=O) groups excluding carboxylic acids is 1. The number of hydrogen-bond donors (Lipinski definition) is 2. The van der Waals surface area contributed by atoms with E-state index < -0.39 is 23.3 Å². The summed E-state index contributed by atoms with van der Waals surface area (Å²) in [5, 5.41) is 8.03. The molecule has 3 N–H and O–H groups in total. The first-order valence-corrected chi connectivity index (χ1v) is 17.8. The largest absolute Gasteiger partial charge is 0.461 e. The van der Waals surface area contributed by atoms with E-state index in [2.05, 4.69) is 30.3 Å². The van der Waals surface area contributed by atoms with Crippen LogP contribution in [-0.4, -0.2) is 96.1 Å². The van der Waals surface area contributed by atoms with Gasteiger partial charge in [0.25, 0.3) is 0 Å². The number of likely N-dealkylation sites (tertiary alicyclic amines) is 1. The molecule has 12 nitrogen and oxygen atoms in total. The van der Waals surface area contributed by atoms with E-state index in [1.807, 2.05) is 0 Å². The van der Waals surface area contributed by atoms with E-state index in [0.717, 1.165) is 50.0 Å². The third kappa shape index (κ3) is 5.13. The Labute approximate surface area is 292 Å². The summed E-state index contributed by atoms with van der Waals surface area (Å²) in [7, 11) is 0. The Kier molecular flexibility index (Phi) is 7.37. The third-order valence-corrected chi connectivity index (χ3v) is 12.0. The molecule has 260 valence electrons. The molecule has 3 aromatic heterocycles. The number of fused-ring (bicyclic) bond motifs is 3. The number of carbonyl (C=O) groups is 1. The Morgan fingerprint density at radius 3 is 2.84 bits per heavy atom. The standard InChI is InChI=1S/C33H32ClF3N10O2S/c34-21-8-20-25(24(37)23(21)19-2-3-22(36)27-26(19)42-29(38)50-27)43-30(49-14-33-5-1-7-46(33)11-17(35)9-33)44-28(20)41-18-4-6-32(10-18)12-45(13-32)31(48)47-16-39-15-40-47/h2-3,8,15-18H,1,4-7,9-14H2,(H2,38,42)(H,41,43,44)/t17-,18?,33+/m1/s1. The maximum Gasteiger partial charge on any atom is 0.346 e. The average molecular weight is 725 g/mol. The number of rotatable bonds is 6. The van der Waals surface area contributed by atoms with Gasteiger partial charge >= 0.3 is 12.0 Å². The van der Waals surface area contributed by atoms with Gasteiger partial charge in [-0.1, -0.05) is 22.9 Å². The molecule has 0 radical (unpaired) electrons. The molecule has 9 rings (SSSR count). The Bertz CT molecular complexity index is 2160. The first kappa shape index (κ1) is 31.7. The molecule has 0 bridgehead atoms. The van der Waals surface area contributed by atoms with Gasteiger partial charge in [-0.15, -0.1) is 0 Å². The van der Waals surface area contributed by atoms with E-state index in [1.165, 1.54) is 29.5 Å². The van der Waals surface area contributed by atoms with Crippen molar-refractivity contribution >= 4 is 61.0 Å². The fraction of sp³-hybridized carbons (Fsp3) is 0.455. The summed E-state index contributed by atoms with van der Waals surface area (Å²) in [5.74, 6) is -0.905. The van der Waals surface area contributed by atoms with Gasteiger partial charge in [-0.25, -0.2) is 27.9 Å². The zero-order valence-electron chi connectivity index (χ0n) is 26.7. The normalized spacial score (nSPS) is 24.4. The van der Waals surface area contributed by atoms with Gasteiger partial charge in [-0.3, -0.25) is 4.90 Å². The zero-order valence-corrected chi connectivity index (χ0v) is 28.3. The minimum absolute atomic E-state index is 0.00752. The number of thiazole rings is 1. The predicted molar refractivity (Wildman–Crippen MR) is 182 cm³/mol. The Balaban J connectivity index is 1.06. The lowest BCUT2D eigenvalue weighted by atomic mass is 9.78. The van der Waals surface area contributed by atoms with Crippen molar-refractivity contribution in [2.24, 2.45) is 5.41 Å². The summed E-state index contributed by atoms with van der Waals surface area (Å²) in [4.78, 5) is 34.0. The highest BCUT2D eigenvalue weighted by Crippen LogP contribution is 2.48. The SMILES string of the molecule is Nc1nc2c(-c3c(Cl)cc4c(NC5CCC6(C5)CN(C(=O)n5cncn5)C6)nc(OC[C@@]56CCCN5C[C@H](F)C6)nc4c3F)ccc(F)c2s1. The summed E-state index contributed by atoms with van der Waals surface area (Å²) in [6.45, 7) is 2.51. The minimum Gasteiger partial charge on any atom is -0.461 e. The van der Waals surface area contributed by atoms with Crippen LogP contribution in [0.1, 0.15) is 38.5 Å². The van der Waals surface area contributed by atoms with Crippen molar-refractivity contribution in [2.75, 3.05) is 43.8 Å². The molecule has 1 unspecified atom stereocenters. The van der Waals surface area contributed by atoms with Crippen LogP contribution in [0.25, 0.3) is 32.2 Å². The topological polar surface area (TPSA) is 140 Å². The van der Waals surface area contributed by atoms with Gasteiger partial charge in [0.15, 0.2) is 10.9 Å². The van der Waals surface area contributed by atoms with Gasteiger partial charge in [0, 0.05) is 54.0 Å². The van der Waals surface area contributed by atoms with E-state index in [0.29, 0.717) is 37.3 Å². The molecule has 4 fully saturated rings. The number of nitrogens with zero attached hydrogens (tertiary/aromatic N) is 8. The van der Waals surface area contributed by atoms with Crippen LogP contribution in [0.4, 0.5) is 28.9 Å². The van der Waals surface area contributed by atoms with Crippen LogP contribution in [-0.2, 0) is 0 Å². The van der Waals surface area contributed by atoms with Gasteiger partial charge in [0.2, 0.25) is 0 Å². The van der Waals surface area contributed by atoms with Crippen molar-refractivity contribution in [1.29, 1.82) is 0 Å². The number of nitrogens with one attached hydrogen (secondary N) is 1. The number of benzene rings is 2. The Morgan fingerprint density at radius 1 is 1.16 bits per heavy atom. The number of nitrogens with two attached hydrogens (primary N) is 1. The molecular formula is C33H32ClF3N10O2S. The number of anilines is 2. The third-order valence-electron chi connectivity index (χ3n) is 10.9. The first-order valence-electron chi connectivity index (χ1n) is 16.6. The number of aromatic nitrogens is 6. The summed E-state index contributed by atoms with van der Waals surface area (Å²) >= 11 is 7.78. The van der Waals surface area contributed by atoms with Crippen molar-refractivity contribution in [3.05, 3.63) is 47.5 Å². The minimum atomic E-state index is -0.938. The number of ether oxygens (including phenoxy) is 1. The number of alkyl halides is 1. The van der Waals surface area contributed by atoms with Crippen LogP contribution < -0.4 is 15.8 Å². The van der Waals surface area contributed by atoms with Crippen LogP contribution >= 0.6 is 22.9 Å². The highest BCUT2D eigenvalue weighted by molar-refractivity contribution is 7.22. The second-order valence-electron chi connectivity index (χ2n) is 14.0. The summed E-state index contributed by atoms with van der Waals surface area (Å²) < 4.78 is 53.7. The van der Waals surface area contributed by atoms with Crippen molar-refractivity contribution in [3.8, 4) is 17.1 Å². The Morgan fingerprint density at radius 2 is 2.02 bits per heavy atom. The second kappa shape index (κ2) is 11.6. The molecule has 1 saturated carbocycles. The molecule has 3 aliphatic heterocycles. The van der Waals surface area contributed by atoms with Gasteiger partial charge in [0.05, 0.1) is 20.8 Å². The average Bonchev–Trinajstić information content (AvgIpc) is 3.90. The fourth-order valence-corrected chi connectivity index (χ4v) is 9.66. The van der Waals surface area contributed by atoms with Crippen molar-refractivity contribution < 1.29 is 22.7 Å². The van der Waals surface area contributed by atoms with Gasteiger partial charge in [-0.2, -0.15) is 19.7 Å². The maximum atomic E-state index is 16.8. The molecule has 3 atom stereocenters. The smallest absolute Gasteiger partial charge is 0.346 e. The zero-order chi connectivity index (χ0) is 34.4. The molecule has 3 saturated heterocycles. The lowest BCUT2D eigenvalue weighted by Crippen LogP contribution is -2.58. The van der Waals surface area contributed by atoms with Crippen LogP contribution in [0, 0.1) is 17.0 Å². The second-order valence-corrected chi connectivity index (χ2v) is 15.5. The van der Waals surface area contributed by atoms with Crippen LogP contribution in [0.15, 0.2) is 30.9 Å². The van der Waals surface area contributed by atoms with Crippen molar-refractivity contribution in [1.82, 2.24) is 39.5 Å². The van der Waals surface area contributed by atoms with E-state index in [1.54, 1.807) is 11.0 Å². The number of halogens is 4. The van der Waals surface area contributed by atoms with Crippen LogP contribution in [0.5, 0.6) is 6.01 Å². The quantitative estimate of drug-likeness (QED) is 0.218.